The van der Waals surface area contributed by atoms with Gasteiger partial charge in [0.2, 0.25) is 17.7 Å². The fraction of sp³-hybridized carbons (Fsp3) is 0.348. The van der Waals surface area contributed by atoms with E-state index < -0.39 is 5.92 Å². The van der Waals surface area contributed by atoms with Crippen molar-refractivity contribution in [1.29, 1.82) is 0 Å². The molecule has 1 aliphatic heterocycles. The summed E-state index contributed by atoms with van der Waals surface area (Å²) < 4.78 is 5.36. The molecule has 7 nitrogen and oxygen atoms in total. The molecule has 0 saturated carbocycles. The zero-order chi connectivity index (χ0) is 21.5. The zero-order valence-corrected chi connectivity index (χ0v) is 17.3. The molecule has 1 unspecified atom stereocenters. The number of hydrogen-bond donors (Lipinski definition) is 2. The number of benzene rings is 2. The molecule has 0 radical (unpaired) electrons. The highest BCUT2D eigenvalue weighted by molar-refractivity contribution is 6.01. The lowest BCUT2D eigenvalue weighted by atomic mass is 10.1. The summed E-state index contributed by atoms with van der Waals surface area (Å²) in [4.78, 5) is 38.6. The topological polar surface area (TPSA) is 87.7 Å². The minimum atomic E-state index is -0.471. The van der Waals surface area contributed by atoms with Crippen LogP contribution in [0.1, 0.15) is 25.8 Å². The molecule has 2 N–H and O–H groups in total. The van der Waals surface area contributed by atoms with Crippen LogP contribution >= 0.6 is 0 Å². The Hall–Kier alpha value is -3.35. The minimum absolute atomic E-state index is 0.0850. The first kappa shape index (κ1) is 21.4. The van der Waals surface area contributed by atoms with Gasteiger partial charge < -0.3 is 20.3 Å². The molecule has 0 bridgehead atoms. The Morgan fingerprint density at radius 2 is 1.77 bits per heavy atom. The van der Waals surface area contributed by atoms with E-state index in [9.17, 15) is 14.4 Å². The van der Waals surface area contributed by atoms with Crippen molar-refractivity contribution in [2.24, 2.45) is 5.92 Å². The number of nitrogens with zero attached hydrogens (tertiary/aromatic N) is 1. The highest BCUT2D eigenvalue weighted by Gasteiger charge is 2.35. The van der Waals surface area contributed by atoms with Crippen LogP contribution < -0.4 is 20.3 Å². The van der Waals surface area contributed by atoms with E-state index >= 15 is 0 Å². The molecule has 2 aromatic rings. The van der Waals surface area contributed by atoms with Gasteiger partial charge in [-0.05, 0) is 55.3 Å². The van der Waals surface area contributed by atoms with E-state index in [1.165, 1.54) is 5.56 Å². The lowest BCUT2D eigenvalue weighted by molar-refractivity contribution is -0.127. The number of hydrogen-bond acceptors (Lipinski definition) is 4. The van der Waals surface area contributed by atoms with Crippen molar-refractivity contribution in [2.75, 3.05) is 29.9 Å². The first-order valence-corrected chi connectivity index (χ1v) is 10.2. The Balaban J connectivity index is 1.48. The molecule has 1 heterocycles. The van der Waals surface area contributed by atoms with Crippen LogP contribution in [0.4, 0.5) is 11.4 Å². The van der Waals surface area contributed by atoms with E-state index in [-0.39, 0.29) is 30.7 Å². The van der Waals surface area contributed by atoms with Gasteiger partial charge in [-0.25, -0.2) is 0 Å². The summed E-state index contributed by atoms with van der Waals surface area (Å²) in [5.41, 5.74) is 2.61. The molecule has 3 amide bonds. The molecule has 0 aromatic heterocycles. The number of rotatable bonds is 8. The third-order valence-electron chi connectivity index (χ3n) is 5.02. The zero-order valence-electron chi connectivity index (χ0n) is 17.3. The third kappa shape index (κ3) is 5.37. The monoisotopic (exact) mass is 409 g/mol. The standard InChI is InChI=1S/C23H27N3O4/c1-3-16-5-9-19(10-6-16)26-15-17(13-22(26)28)23(29)24-14-21(27)25-18-7-11-20(12-8-18)30-4-2/h5-12,17H,3-4,13-15H2,1-2H3,(H,24,29)(H,25,27). The highest BCUT2D eigenvalue weighted by atomic mass is 16.5. The fourth-order valence-electron chi connectivity index (χ4n) is 3.36. The average molecular weight is 409 g/mol. The van der Waals surface area contributed by atoms with Crippen molar-refractivity contribution in [2.45, 2.75) is 26.7 Å². The van der Waals surface area contributed by atoms with Crippen molar-refractivity contribution >= 4 is 29.1 Å². The first-order chi connectivity index (χ1) is 14.5. The van der Waals surface area contributed by atoms with Crippen LogP contribution in [0.5, 0.6) is 5.75 Å². The summed E-state index contributed by atoms with van der Waals surface area (Å²) in [7, 11) is 0. The molecule has 2 aromatic carbocycles. The number of nitrogens with one attached hydrogen (secondary N) is 2. The van der Waals surface area contributed by atoms with Crippen LogP contribution in [0.25, 0.3) is 0 Å². The van der Waals surface area contributed by atoms with Crippen molar-refractivity contribution in [3.05, 3.63) is 54.1 Å². The van der Waals surface area contributed by atoms with E-state index in [0.29, 0.717) is 18.8 Å². The SMILES string of the molecule is CCOc1ccc(NC(=O)CNC(=O)C2CC(=O)N(c3ccc(CC)cc3)C2)cc1. The van der Waals surface area contributed by atoms with E-state index in [4.69, 9.17) is 4.74 Å². The third-order valence-corrected chi connectivity index (χ3v) is 5.02. The lowest BCUT2D eigenvalue weighted by Crippen LogP contribution is -2.37. The summed E-state index contributed by atoms with van der Waals surface area (Å²) >= 11 is 0. The Bertz CT molecular complexity index is 894. The van der Waals surface area contributed by atoms with E-state index in [2.05, 4.69) is 17.6 Å². The summed E-state index contributed by atoms with van der Waals surface area (Å²) in [6, 6.07) is 14.8. The second kappa shape index (κ2) is 9.91. The average Bonchev–Trinajstić information content (AvgIpc) is 3.15. The summed E-state index contributed by atoms with van der Waals surface area (Å²) in [6.07, 6.45) is 1.07. The second-order valence-corrected chi connectivity index (χ2v) is 7.15. The molecule has 1 fully saturated rings. The van der Waals surface area contributed by atoms with Gasteiger partial charge in [-0.2, -0.15) is 0 Å². The Morgan fingerprint density at radius 3 is 2.40 bits per heavy atom. The van der Waals surface area contributed by atoms with Gasteiger partial charge >= 0.3 is 0 Å². The quantitative estimate of drug-likeness (QED) is 0.702. The van der Waals surface area contributed by atoms with Crippen LogP contribution in [-0.2, 0) is 20.8 Å². The van der Waals surface area contributed by atoms with Crippen molar-refractivity contribution in [3.8, 4) is 5.75 Å². The van der Waals surface area contributed by atoms with Crippen LogP contribution in [0.15, 0.2) is 48.5 Å². The van der Waals surface area contributed by atoms with Gasteiger partial charge in [-0.15, -0.1) is 0 Å². The molecular weight excluding hydrogens is 382 g/mol. The summed E-state index contributed by atoms with van der Waals surface area (Å²) in [5, 5.41) is 5.36. The van der Waals surface area contributed by atoms with Gasteiger partial charge in [0.05, 0.1) is 19.1 Å². The number of aryl methyl sites for hydroxylation is 1. The first-order valence-electron chi connectivity index (χ1n) is 10.2. The number of carbonyl (C=O) groups is 3. The van der Waals surface area contributed by atoms with Gasteiger partial charge in [0.1, 0.15) is 5.75 Å². The van der Waals surface area contributed by atoms with Crippen molar-refractivity contribution < 1.29 is 19.1 Å². The highest BCUT2D eigenvalue weighted by Crippen LogP contribution is 2.25. The predicted octanol–water partition coefficient (Wildman–Crippen LogP) is 2.76. The van der Waals surface area contributed by atoms with Gasteiger partial charge in [0.15, 0.2) is 0 Å². The van der Waals surface area contributed by atoms with Crippen LogP contribution in [0, 0.1) is 5.92 Å². The Labute approximate surface area is 176 Å². The number of anilines is 2. The molecule has 0 spiro atoms. The van der Waals surface area contributed by atoms with Gasteiger partial charge in [0.25, 0.3) is 0 Å². The van der Waals surface area contributed by atoms with Gasteiger partial charge in [-0.1, -0.05) is 19.1 Å². The van der Waals surface area contributed by atoms with E-state index in [0.717, 1.165) is 17.9 Å². The maximum atomic E-state index is 12.5. The minimum Gasteiger partial charge on any atom is -0.494 e. The predicted molar refractivity (Wildman–Crippen MR) is 116 cm³/mol. The lowest BCUT2D eigenvalue weighted by Gasteiger charge is -2.17. The molecule has 7 heteroatoms. The van der Waals surface area contributed by atoms with Gasteiger partial charge in [0, 0.05) is 24.3 Å². The van der Waals surface area contributed by atoms with Crippen LogP contribution in [0.2, 0.25) is 0 Å². The maximum Gasteiger partial charge on any atom is 0.243 e. The van der Waals surface area contributed by atoms with E-state index in [1.54, 1.807) is 29.2 Å². The Morgan fingerprint density at radius 1 is 1.07 bits per heavy atom. The van der Waals surface area contributed by atoms with Crippen molar-refractivity contribution in [1.82, 2.24) is 5.32 Å². The molecule has 3 rings (SSSR count). The molecule has 1 atom stereocenters. The van der Waals surface area contributed by atoms with Gasteiger partial charge in [-0.3, -0.25) is 14.4 Å². The molecule has 1 aliphatic rings. The Kier molecular flexibility index (Phi) is 7.06. The van der Waals surface area contributed by atoms with E-state index in [1.807, 2.05) is 31.2 Å². The molecule has 158 valence electrons. The largest absolute Gasteiger partial charge is 0.494 e. The maximum absolute atomic E-state index is 12.5. The molecule has 0 aliphatic carbocycles. The normalized spacial score (nSPS) is 15.7. The second-order valence-electron chi connectivity index (χ2n) is 7.15. The number of ether oxygens (including phenoxy) is 1. The fourth-order valence-corrected chi connectivity index (χ4v) is 3.36. The van der Waals surface area contributed by atoms with Crippen LogP contribution in [-0.4, -0.2) is 37.4 Å². The molecular formula is C23H27N3O4. The summed E-state index contributed by atoms with van der Waals surface area (Å²) in [5.74, 6) is -0.454. The smallest absolute Gasteiger partial charge is 0.243 e. The van der Waals surface area contributed by atoms with Crippen molar-refractivity contribution in [3.63, 3.8) is 0 Å². The number of amides is 3. The number of carbonyl (C=O) groups excluding carboxylic acids is 3. The summed E-state index contributed by atoms with van der Waals surface area (Å²) in [6.45, 7) is 4.71. The molecule has 1 saturated heterocycles. The van der Waals surface area contributed by atoms with Crippen LogP contribution in [0.3, 0.4) is 0 Å². The molecule has 30 heavy (non-hydrogen) atoms.